The van der Waals surface area contributed by atoms with Crippen molar-refractivity contribution in [2.75, 3.05) is 13.7 Å². The molecule has 1 heterocycles. The molecule has 0 spiro atoms. The number of aromatic nitrogens is 1. The third-order valence-corrected chi connectivity index (χ3v) is 2.99. The Morgan fingerprint density at radius 3 is 2.84 bits per heavy atom. The number of pyridine rings is 1. The molecule has 0 saturated carbocycles. The van der Waals surface area contributed by atoms with Crippen LogP contribution in [0.5, 0.6) is 0 Å². The van der Waals surface area contributed by atoms with Crippen molar-refractivity contribution in [3.8, 4) is 0 Å². The predicted molar refractivity (Wildman–Crippen MR) is 74.8 cm³/mol. The van der Waals surface area contributed by atoms with Crippen LogP contribution in [0.3, 0.4) is 0 Å². The molecule has 0 aromatic carbocycles. The number of nitrogens with zero attached hydrogens (tertiary/aromatic N) is 1. The number of carbonyl (C=O) groups is 2. The maximum Gasteiger partial charge on any atom is 0.305 e. The molecule has 1 aromatic rings. The Labute approximate surface area is 120 Å². The fourth-order valence-electron chi connectivity index (χ4n) is 1.52. The SMILES string of the molecule is COC(=O)CCCCCNC(=O)c1ccnc(Br)c1. The van der Waals surface area contributed by atoms with Gasteiger partial charge in [-0.3, -0.25) is 9.59 Å². The van der Waals surface area contributed by atoms with Crippen molar-refractivity contribution >= 4 is 27.8 Å². The van der Waals surface area contributed by atoms with Crippen molar-refractivity contribution in [2.45, 2.75) is 25.7 Å². The number of unbranched alkanes of at least 4 members (excludes halogenated alkanes) is 2. The molecule has 104 valence electrons. The number of amides is 1. The second-order valence-electron chi connectivity index (χ2n) is 4.01. The molecule has 1 amide bonds. The van der Waals surface area contributed by atoms with E-state index in [2.05, 4.69) is 31.0 Å². The molecular weight excluding hydrogens is 312 g/mol. The van der Waals surface area contributed by atoms with E-state index in [1.807, 2.05) is 0 Å². The molecule has 0 aliphatic carbocycles. The van der Waals surface area contributed by atoms with E-state index in [0.717, 1.165) is 19.3 Å². The fourth-order valence-corrected chi connectivity index (χ4v) is 1.89. The van der Waals surface area contributed by atoms with E-state index in [1.165, 1.54) is 7.11 Å². The number of hydrogen-bond donors (Lipinski definition) is 1. The van der Waals surface area contributed by atoms with Crippen LogP contribution in [0, 0.1) is 0 Å². The zero-order valence-electron chi connectivity index (χ0n) is 10.8. The van der Waals surface area contributed by atoms with Crippen LogP contribution in [-0.4, -0.2) is 30.5 Å². The van der Waals surface area contributed by atoms with Gasteiger partial charge in [0, 0.05) is 24.7 Å². The first-order chi connectivity index (χ1) is 9.13. The summed E-state index contributed by atoms with van der Waals surface area (Å²) in [5, 5.41) is 2.82. The van der Waals surface area contributed by atoms with E-state index in [4.69, 9.17) is 0 Å². The number of halogens is 1. The molecule has 0 aliphatic rings. The van der Waals surface area contributed by atoms with Crippen LogP contribution in [0.4, 0.5) is 0 Å². The van der Waals surface area contributed by atoms with Gasteiger partial charge in [-0.05, 0) is 40.9 Å². The summed E-state index contributed by atoms with van der Waals surface area (Å²) >= 11 is 3.22. The van der Waals surface area contributed by atoms with E-state index < -0.39 is 0 Å². The van der Waals surface area contributed by atoms with E-state index in [9.17, 15) is 9.59 Å². The van der Waals surface area contributed by atoms with Gasteiger partial charge in [0.15, 0.2) is 0 Å². The van der Waals surface area contributed by atoms with Gasteiger partial charge in [-0.2, -0.15) is 0 Å². The van der Waals surface area contributed by atoms with Gasteiger partial charge in [0.2, 0.25) is 0 Å². The monoisotopic (exact) mass is 328 g/mol. The summed E-state index contributed by atoms with van der Waals surface area (Å²) in [6, 6.07) is 3.34. The van der Waals surface area contributed by atoms with E-state index >= 15 is 0 Å². The van der Waals surface area contributed by atoms with Crippen LogP contribution >= 0.6 is 15.9 Å². The molecule has 19 heavy (non-hydrogen) atoms. The molecule has 6 heteroatoms. The third-order valence-electron chi connectivity index (χ3n) is 2.56. The van der Waals surface area contributed by atoms with Crippen molar-refractivity contribution in [2.24, 2.45) is 0 Å². The van der Waals surface area contributed by atoms with Crippen molar-refractivity contribution in [1.29, 1.82) is 0 Å². The Balaban J connectivity index is 2.16. The number of methoxy groups -OCH3 is 1. The number of ether oxygens (including phenoxy) is 1. The van der Waals surface area contributed by atoms with Crippen molar-refractivity contribution in [3.05, 3.63) is 28.5 Å². The molecule has 1 N–H and O–H groups in total. The summed E-state index contributed by atoms with van der Waals surface area (Å²) in [7, 11) is 1.38. The summed E-state index contributed by atoms with van der Waals surface area (Å²) in [6.07, 6.45) is 4.52. The normalized spacial score (nSPS) is 10.0. The van der Waals surface area contributed by atoms with Gasteiger partial charge in [0.1, 0.15) is 4.60 Å². The van der Waals surface area contributed by atoms with Crippen LogP contribution in [0.1, 0.15) is 36.0 Å². The smallest absolute Gasteiger partial charge is 0.305 e. The quantitative estimate of drug-likeness (QED) is 0.473. The van der Waals surface area contributed by atoms with Gasteiger partial charge >= 0.3 is 5.97 Å². The van der Waals surface area contributed by atoms with Crippen molar-refractivity contribution in [3.63, 3.8) is 0 Å². The molecule has 0 aliphatic heterocycles. The highest BCUT2D eigenvalue weighted by Crippen LogP contribution is 2.08. The molecule has 1 rings (SSSR count). The van der Waals surface area contributed by atoms with Crippen LogP contribution in [0.2, 0.25) is 0 Å². The van der Waals surface area contributed by atoms with Crippen LogP contribution in [0.25, 0.3) is 0 Å². The van der Waals surface area contributed by atoms with Crippen molar-refractivity contribution in [1.82, 2.24) is 10.3 Å². The highest BCUT2D eigenvalue weighted by atomic mass is 79.9. The summed E-state index contributed by atoms with van der Waals surface area (Å²) in [5.41, 5.74) is 0.580. The zero-order valence-corrected chi connectivity index (χ0v) is 12.4. The number of hydrogen-bond acceptors (Lipinski definition) is 4. The number of nitrogens with one attached hydrogen (secondary N) is 1. The number of rotatable bonds is 7. The number of carbonyl (C=O) groups excluding carboxylic acids is 2. The zero-order chi connectivity index (χ0) is 14.1. The maximum atomic E-state index is 11.8. The van der Waals surface area contributed by atoms with Crippen molar-refractivity contribution < 1.29 is 14.3 Å². The number of esters is 1. The summed E-state index contributed by atoms with van der Waals surface area (Å²) < 4.78 is 5.18. The topological polar surface area (TPSA) is 68.3 Å². The summed E-state index contributed by atoms with van der Waals surface area (Å²) in [4.78, 5) is 26.6. The molecule has 0 bridgehead atoms. The second-order valence-corrected chi connectivity index (χ2v) is 4.82. The van der Waals surface area contributed by atoms with E-state index in [-0.39, 0.29) is 11.9 Å². The Kier molecular flexibility index (Phi) is 7.10. The first kappa shape index (κ1) is 15.6. The lowest BCUT2D eigenvalue weighted by Crippen LogP contribution is -2.24. The lowest BCUT2D eigenvalue weighted by atomic mass is 10.2. The molecule has 0 saturated heterocycles. The molecule has 0 fully saturated rings. The first-order valence-corrected chi connectivity index (χ1v) is 6.89. The molecule has 0 atom stereocenters. The third kappa shape index (κ3) is 6.33. The predicted octanol–water partition coefficient (Wildman–Crippen LogP) is 2.31. The average molecular weight is 329 g/mol. The standard InChI is InChI=1S/C13H17BrN2O3/c1-19-12(17)5-3-2-4-7-16-13(18)10-6-8-15-11(14)9-10/h6,8-9H,2-5,7H2,1H3,(H,16,18). The van der Waals surface area contributed by atoms with Gasteiger partial charge in [-0.15, -0.1) is 0 Å². The second kappa shape index (κ2) is 8.63. The van der Waals surface area contributed by atoms with Crippen LogP contribution in [0.15, 0.2) is 22.9 Å². The molecule has 5 nitrogen and oxygen atoms in total. The van der Waals surface area contributed by atoms with Gasteiger partial charge in [0.25, 0.3) is 5.91 Å². The minimum Gasteiger partial charge on any atom is -0.469 e. The summed E-state index contributed by atoms with van der Waals surface area (Å²) in [6.45, 7) is 0.597. The average Bonchev–Trinajstić information content (AvgIpc) is 2.42. The molecule has 1 aromatic heterocycles. The summed E-state index contributed by atoms with van der Waals surface area (Å²) in [5.74, 6) is -0.304. The molecular formula is C13H17BrN2O3. The van der Waals surface area contributed by atoms with Crippen LogP contribution in [-0.2, 0) is 9.53 Å². The molecule has 0 unspecified atom stereocenters. The van der Waals surface area contributed by atoms with Gasteiger partial charge in [-0.25, -0.2) is 4.98 Å². The molecule has 0 radical (unpaired) electrons. The highest BCUT2D eigenvalue weighted by Gasteiger charge is 2.05. The van der Waals surface area contributed by atoms with Crippen LogP contribution < -0.4 is 5.32 Å². The fraction of sp³-hybridized carbons (Fsp3) is 0.462. The maximum absolute atomic E-state index is 11.8. The first-order valence-electron chi connectivity index (χ1n) is 6.10. The van der Waals surface area contributed by atoms with Gasteiger partial charge < -0.3 is 10.1 Å². The van der Waals surface area contributed by atoms with Gasteiger partial charge in [-0.1, -0.05) is 6.42 Å². The Bertz CT molecular complexity index is 438. The lowest BCUT2D eigenvalue weighted by Gasteiger charge is -2.05. The lowest BCUT2D eigenvalue weighted by molar-refractivity contribution is -0.140. The highest BCUT2D eigenvalue weighted by molar-refractivity contribution is 9.10. The van der Waals surface area contributed by atoms with Gasteiger partial charge in [0.05, 0.1) is 7.11 Å². The Morgan fingerprint density at radius 2 is 2.16 bits per heavy atom. The largest absolute Gasteiger partial charge is 0.469 e. The van der Waals surface area contributed by atoms with E-state index in [0.29, 0.717) is 23.1 Å². The van der Waals surface area contributed by atoms with E-state index in [1.54, 1.807) is 18.3 Å². The minimum absolute atomic E-state index is 0.115. The Hall–Kier alpha value is -1.43. The minimum atomic E-state index is -0.189. The Morgan fingerprint density at radius 1 is 1.37 bits per heavy atom.